The van der Waals surface area contributed by atoms with Gasteiger partial charge in [-0.1, -0.05) is 25.1 Å². The van der Waals surface area contributed by atoms with E-state index in [0.29, 0.717) is 37.6 Å². The zero-order valence-electron chi connectivity index (χ0n) is 15.6. The van der Waals surface area contributed by atoms with E-state index in [0.717, 1.165) is 0 Å². The van der Waals surface area contributed by atoms with E-state index in [1.807, 2.05) is 0 Å². The van der Waals surface area contributed by atoms with Crippen molar-refractivity contribution in [3.63, 3.8) is 0 Å². The lowest BCUT2D eigenvalue weighted by molar-refractivity contribution is 0.0303. The van der Waals surface area contributed by atoms with Gasteiger partial charge in [-0.2, -0.15) is 0 Å². The first-order valence-electron chi connectivity index (χ1n) is 9.02. The summed E-state index contributed by atoms with van der Waals surface area (Å²) < 4.78 is 29.8. The van der Waals surface area contributed by atoms with Gasteiger partial charge in [0.05, 0.1) is 29.4 Å². The number of anilines is 1. The second-order valence-electron chi connectivity index (χ2n) is 6.34. The molecule has 0 radical (unpaired) electrons. The monoisotopic (exact) mass is 402 g/mol. The maximum absolute atomic E-state index is 12.7. The molecule has 8 heteroatoms. The lowest BCUT2D eigenvalue weighted by Gasteiger charge is -2.27. The molecule has 1 aliphatic heterocycles. The van der Waals surface area contributed by atoms with E-state index >= 15 is 0 Å². The average Bonchev–Trinajstić information content (AvgIpc) is 2.74. The van der Waals surface area contributed by atoms with Gasteiger partial charge in [0.1, 0.15) is 0 Å². The molecule has 0 spiro atoms. The van der Waals surface area contributed by atoms with Gasteiger partial charge in [-0.05, 0) is 30.3 Å². The first-order valence-corrected chi connectivity index (χ1v) is 10.7. The van der Waals surface area contributed by atoms with Crippen LogP contribution in [0.4, 0.5) is 5.69 Å². The number of hydrogen-bond acceptors (Lipinski definition) is 5. The molecule has 28 heavy (non-hydrogen) atoms. The van der Waals surface area contributed by atoms with Crippen molar-refractivity contribution in [2.75, 3.05) is 37.4 Å². The van der Waals surface area contributed by atoms with Gasteiger partial charge in [0.2, 0.25) is 0 Å². The Labute approximate surface area is 164 Å². The molecule has 1 N–H and O–H groups in total. The van der Waals surface area contributed by atoms with E-state index in [9.17, 15) is 18.0 Å². The smallest absolute Gasteiger partial charge is 0.256 e. The van der Waals surface area contributed by atoms with Gasteiger partial charge in [0.25, 0.3) is 11.8 Å². The predicted octanol–water partition coefficient (Wildman–Crippen LogP) is 2.20. The molecule has 1 fully saturated rings. The van der Waals surface area contributed by atoms with Gasteiger partial charge in [0, 0.05) is 24.3 Å². The first-order chi connectivity index (χ1) is 13.4. The van der Waals surface area contributed by atoms with Crippen LogP contribution in [0.1, 0.15) is 27.6 Å². The number of carbonyl (C=O) groups excluding carboxylic acids is 2. The van der Waals surface area contributed by atoms with Crippen LogP contribution < -0.4 is 5.32 Å². The summed E-state index contributed by atoms with van der Waals surface area (Å²) in [6.45, 7) is 3.59. The van der Waals surface area contributed by atoms with Crippen LogP contribution in [0.3, 0.4) is 0 Å². The molecule has 148 valence electrons. The molecule has 0 bridgehead atoms. The summed E-state index contributed by atoms with van der Waals surface area (Å²) in [5.74, 6) is -0.766. The van der Waals surface area contributed by atoms with Gasteiger partial charge in [-0.3, -0.25) is 9.59 Å². The van der Waals surface area contributed by atoms with Crippen LogP contribution in [0.5, 0.6) is 0 Å². The Morgan fingerprint density at radius 1 is 1.07 bits per heavy atom. The summed E-state index contributed by atoms with van der Waals surface area (Å²) in [7, 11) is -3.54. The Bertz CT molecular complexity index is 982. The number of nitrogens with one attached hydrogen (secondary N) is 1. The SMILES string of the molecule is CCS(=O)(=O)c1ccccc1C(=O)Nc1cccc(C(=O)N2CCOCC2)c1. The Morgan fingerprint density at radius 3 is 2.50 bits per heavy atom. The Morgan fingerprint density at radius 2 is 1.79 bits per heavy atom. The minimum Gasteiger partial charge on any atom is -0.378 e. The van der Waals surface area contributed by atoms with Crippen LogP contribution in [-0.2, 0) is 14.6 Å². The van der Waals surface area contributed by atoms with Crippen LogP contribution in [0.2, 0.25) is 0 Å². The number of benzene rings is 2. The number of carbonyl (C=O) groups is 2. The molecule has 0 atom stereocenters. The number of sulfone groups is 1. The quantitative estimate of drug-likeness (QED) is 0.828. The van der Waals surface area contributed by atoms with Gasteiger partial charge >= 0.3 is 0 Å². The average molecular weight is 402 g/mol. The normalized spacial score (nSPS) is 14.5. The number of morpholine rings is 1. The molecule has 7 nitrogen and oxygen atoms in total. The fourth-order valence-corrected chi connectivity index (χ4v) is 4.05. The number of rotatable bonds is 5. The summed E-state index contributed by atoms with van der Waals surface area (Å²) in [6.07, 6.45) is 0. The van der Waals surface area contributed by atoms with Crippen molar-refractivity contribution < 1.29 is 22.7 Å². The molecule has 3 rings (SSSR count). The molecule has 0 saturated carbocycles. The summed E-state index contributed by atoms with van der Waals surface area (Å²) in [5, 5.41) is 2.69. The van der Waals surface area contributed by atoms with E-state index in [1.165, 1.54) is 19.1 Å². The lowest BCUT2D eigenvalue weighted by Crippen LogP contribution is -2.40. The van der Waals surface area contributed by atoms with E-state index in [4.69, 9.17) is 4.74 Å². The van der Waals surface area contributed by atoms with Gasteiger partial charge in [-0.25, -0.2) is 8.42 Å². The van der Waals surface area contributed by atoms with Gasteiger partial charge in [0.15, 0.2) is 9.84 Å². The molecule has 2 aromatic carbocycles. The van der Waals surface area contributed by atoms with E-state index < -0.39 is 15.7 Å². The molecule has 1 heterocycles. The fraction of sp³-hybridized carbons (Fsp3) is 0.300. The highest BCUT2D eigenvalue weighted by Gasteiger charge is 2.22. The molecular formula is C20H22N2O5S. The van der Waals surface area contributed by atoms with Crippen LogP contribution in [0, 0.1) is 0 Å². The highest BCUT2D eigenvalue weighted by molar-refractivity contribution is 7.91. The zero-order chi connectivity index (χ0) is 20.1. The minimum atomic E-state index is -3.54. The Balaban J connectivity index is 1.82. The molecule has 0 unspecified atom stereocenters. The largest absolute Gasteiger partial charge is 0.378 e. The minimum absolute atomic E-state index is 0.00412. The number of hydrogen-bond donors (Lipinski definition) is 1. The summed E-state index contributed by atoms with van der Waals surface area (Å²) in [5.41, 5.74) is 0.955. The standard InChI is InChI=1S/C20H22N2O5S/c1-2-28(25,26)18-9-4-3-8-17(18)19(23)21-16-7-5-6-15(14-16)20(24)22-10-12-27-13-11-22/h3-9,14H,2,10-13H2,1H3,(H,21,23). The third-order valence-electron chi connectivity index (χ3n) is 4.51. The van der Waals surface area contributed by atoms with Crippen molar-refractivity contribution >= 4 is 27.3 Å². The van der Waals surface area contributed by atoms with Crippen LogP contribution >= 0.6 is 0 Å². The highest BCUT2D eigenvalue weighted by atomic mass is 32.2. The van der Waals surface area contributed by atoms with Crippen LogP contribution in [0.25, 0.3) is 0 Å². The van der Waals surface area contributed by atoms with E-state index in [-0.39, 0.29) is 22.1 Å². The van der Waals surface area contributed by atoms with E-state index in [1.54, 1.807) is 41.3 Å². The van der Waals surface area contributed by atoms with Crippen molar-refractivity contribution in [2.45, 2.75) is 11.8 Å². The third kappa shape index (κ3) is 4.40. The van der Waals surface area contributed by atoms with Crippen molar-refractivity contribution in [2.24, 2.45) is 0 Å². The van der Waals surface area contributed by atoms with Crippen LogP contribution in [-0.4, -0.2) is 57.2 Å². The van der Waals surface area contributed by atoms with Crippen molar-refractivity contribution in [3.05, 3.63) is 59.7 Å². The van der Waals surface area contributed by atoms with E-state index in [2.05, 4.69) is 5.32 Å². The molecule has 0 aliphatic carbocycles. The summed E-state index contributed by atoms with van der Waals surface area (Å²) in [4.78, 5) is 27.0. The topological polar surface area (TPSA) is 92.8 Å². The van der Waals surface area contributed by atoms with Gasteiger partial charge < -0.3 is 15.0 Å². The number of nitrogens with zero attached hydrogens (tertiary/aromatic N) is 1. The Hall–Kier alpha value is -2.71. The van der Waals surface area contributed by atoms with Crippen molar-refractivity contribution in [3.8, 4) is 0 Å². The zero-order valence-corrected chi connectivity index (χ0v) is 16.4. The summed E-state index contributed by atoms with van der Waals surface area (Å²) >= 11 is 0. The lowest BCUT2D eigenvalue weighted by atomic mass is 10.1. The second-order valence-corrected chi connectivity index (χ2v) is 8.59. The van der Waals surface area contributed by atoms with Crippen LogP contribution in [0.15, 0.2) is 53.4 Å². The Kier molecular flexibility index (Phi) is 6.11. The van der Waals surface area contributed by atoms with Gasteiger partial charge in [-0.15, -0.1) is 0 Å². The third-order valence-corrected chi connectivity index (χ3v) is 6.30. The number of ether oxygens (including phenoxy) is 1. The first kappa shape index (κ1) is 20.0. The molecule has 2 aromatic rings. The second kappa shape index (κ2) is 8.53. The van der Waals surface area contributed by atoms with Crippen molar-refractivity contribution in [1.82, 2.24) is 4.90 Å². The summed E-state index contributed by atoms with van der Waals surface area (Å²) in [6, 6.07) is 12.7. The maximum Gasteiger partial charge on any atom is 0.256 e. The maximum atomic E-state index is 12.7. The molecule has 2 amide bonds. The highest BCUT2D eigenvalue weighted by Crippen LogP contribution is 2.20. The fourth-order valence-electron chi connectivity index (χ4n) is 2.96. The molecular weight excluding hydrogens is 380 g/mol. The van der Waals surface area contributed by atoms with Crippen molar-refractivity contribution in [1.29, 1.82) is 0 Å². The molecule has 0 aromatic heterocycles. The molecule has 1 saturated heterocycles. The predicted molar refractivity (Wildman–Crippen MR) is 105 cm³/mol. The molecule has 1 aliphatic rings. The number of amides is 2.